The number of rotatable bonds is 8. The molecule has 3 N–H and O–H groups in total. The Hall–Kier alpha value is -2.31. The molecule has 0 fully saturated rings. The highest BCUT2D eigenvalue weighted by atomic mass is 16.4. The average molecular weight is 296 g/mol. The van der Waals surface area contributed by atoms with Crippen LogP contribution in [0.25, 0.3) is 0 Å². The van der Waals surface area contributed by atoms with Gasteiger partial charge in [-0.25, -0.2) is 0 Å². The molecule has 0 radical (unpaired) electrons. The summed E-state index contributed by atoms with van der Waals surface area (Å²) < 4.78 is 4.88. The van der Waals surface area contributed by atoms with Crippen LogP contribution in [0.2, 0.25) is 0 Å². The van der Waals surface area contributed by atoms with Crippen molar-refractivity contribution in [1.29, 1.82) is 0 Å². The van der Waals surface area contributed by atoms with E-state index in [0.29, 0.717) is 6.42 Å². The van der Waals surface area contributed by atoms with Crippen LogP contribution in [0.15, 0.2) is 22.8 Å². The molecule has 1 aromatic heterocycles. The van der Waals surface area contributed by atoms with Gasteiger partial charge in [0, 0.05) is 6.54 Å². The number of nitrogens with one attached hydrogen (secondary N) is 2. The number of furan rings is 1. The molecule has 1 rings (SSSR count). The van der Waals surface area contributed by atoms with Gasteiger partial charge >= 0.3 is 5.97 Å². The van der Waals surface area contributed by atoms with Crippen LogP contribution < -0.4 is 10.6 Å². The Morgan fingerprint density at radius 2 is 2.00 bits per heavy atom. The van der Waals surface area contributed by atoms with E-state index in [1.165, 1.54) is 12.3 Å². The van der Waals surface area contributed by atoms with Crippen LogP contribution in [0.3, 0.4) is 0 Å². The molecule has 0 saturated carbocycles. The summed E-state index contributed by atoms with van der Waals surface area (Å²) in [6, 6.07) is 3.05. The Morgan fingerprint density at radius 1 is 1.29 bits per heavy atom. The minimum Gasteiger partial charge on any atom is -0.481 e. The van der Waals surface area contributed by atoms with Crippen molar-refractivity contribution in [3.8, 4) is 0 Å². The summed E-state index contributed by atoms with van der Waals surface area (Å²) in [6.07, 6.45) is 1.84. The number of carbonyl (C=O) groups is 3. The predicted molar refractivity (Wildman–Crippen MR) is 74.6 cm³/mol. The first-order valence-electron chi connectivity index (χ1n) is 6.71. The molecule has 7 nitrogen and oxygen atoms in total. The number of aliphatic carboxylic acids is 1. The van der Waals surface area contributed by atoms with Crippen molar-refractivity contribution in [2.45, 2.75) is 20.3 Å². The normalized spacial score (nSPS) is 12.0. The molecule has 0 aliphatic carbocycles. The summed E-state index contributed by atoms with van der Waals surface area (Å²) >= 11 is 0. The molecule has 0 aromatic carbocycles. The van der Waals surface area contributed by atoms with Crippen molar-refractivity contribution in [3.63, 3.8) is 0 Å². The fraction of sp³-hybridized carbons (Fsp3) is 0.500. The first-order chi connectivity index (χ1) is 9.90. The Kier molecular flexibility index (Phi) is 6.45. The maximum Gasteiger partial charge on any atom is 0.308 e. The van der Waals surface area contributed by atoms with Crippen molar-refractivity contribution in [3.05, 3.63) is 24.2 Å². The van der Waals surface area contributed by atoms with E-state index in [4.69, 9.17) is 9.52 Å². The van der Waals surface area contributed by atoms with Crippen molar-refractivity contribution in [2.75, 3.05) is 13.1 Å². The van der Waals surface area contributed by atoms with Gasteiger partial charge in [-0.15, -0.1) is 0 Å². The highest BCUT2D eigenvalue weighted by Crippen LogP contribution is 2.10. The van der Waals surface area contributed by atoms with Gasteiger partial charge in [-0.3, -0.25) is 14.4 Å². The molecule has 0 spiro atoms. The Bertz CT molecular complexity index is 482. The van der Waals surface area contributed by atoms with Crippen LogP contribution in [0, 0.1) is 11.8 Å². The van der Waals surface area contributed by atoms with E-state index in [-0.39, 0.29) is 24.8 Å². The zero-order valence-corrected chi connectivity index (χ0v) is 12.1. The monoisotopic (exact) mass is 296 g/mol. The van der Waals surface area contributed by atoms with E-state index in [1.54, 1.807) is 6.07 Å². The van der Waals surface area contributed by atoms with Gasteiger partial charge in [-0.1, -0.05) is 13.8 Å². The number of amides is 2. The fourth-order valence-electron chi connectivity index (χ4n) is 1.80. The zero-order valence-electron chi connectivity index (χ0n) is 12.1. The van der Waals surface area contributed by atoms with Crippen LogP contribution in [0.4, 0.5) is 0 Å². The van der Waals surface area contributed by atoms with E-state index >= 15 is 0 Å². The number of carbonyl (C=O) groups excluding carboxylic acids is 2. The molecule has 0 bridgehead atoms. The summed E-state index contributed by atoms with van der Waals surface area (Å²) in [4.78, 5) is 34.1. The van der Waals surface area contributed by atoms with Crippen LogP contribution in [0.5, 0.6) is 0 Å². The fourth-order valence-corrected chi connectivity index (χ4v) is 1.80. The first-order valence-corrected chi connectivity index (χ1v) is 6.71. The smallest absolute Gasteiger partial charge is 0.308 e. The van der Waals surface area contributed by atoms with Gasteiger partial charge in [-0.05, 0) is 24.5 Å². The molecule has 1 unspecified atom stereocenters. The number of hydrogen-bond donors (Lipinski definition) is 3. The van der Waals surface area contributed by atoms with Gasteiger partial charge < -0.3 is 20.2 Å². The lowest BCUT2D eigenvalue weighted by molar-refractivity contribution is -0.142. The van der Waals surface area contributed by atoms with Crippen LogP contribution >= 0.6 is 0 Å². The second-order valence-corrected chi connectivity index (χ2v) is 5.13. The van der Waals surface area contributed by atoms with Gasteiger partial charge in [0.25, 0.3) is 5.91 Å². The molecular formula is C14H20N2O5. The maximum atomic E-state index is 11.6. The van der Waals surface area contributed by atoms with Gasteiger partial charge in [0.2, 0.25) is 5.91 Å². The minimum absolute atomic E-state index is 0.0446. The summed E-state index contributed by atoms with van der Waals surface area (Å²) in [7, 11) is 0. The summed E-state index contributed by atoms with van der Waals surface area (Å²) in [5.41, 5.74) is 0. The Morgan fingerprint density at radius 3 is 2.52 bits per heavy atom. The maximum absolute atomic E-state index is 11.6. The van der Waals surface area contributed by atoms with E-state index in [0.717, 1.165) is 0 Å². The molecule has 116 valence electrons. The van der Waals surface area contributed by atoms with E-state index in [9.17, 15) is 14.4 Å². The van der Waals surface area contributed by atoms with Crippen LogP contribution in [0.1, 0.15) is 30.8 Å². The molecule has 21 heavy (non-hydrogen) atoms. The number of carboxylic acid groups (broad SMARTS) is 1. The minimum atomic E-state index is -0.941. The Balaban J connectivity index is 2.33. The van der Waals surface area contributed by atoms with Crippen molar-refractivity contribution >= 4 is 17.8 Å². The highest BCUT2D eigenvalue weighted by molar-refractivity contribution is 5.94. The molecule has 0 aliphatic heterocycles. The summed E-state index contributed by atoms with van der Waals surface area (Å²) in [6.45, 7) is 3.65. The molecule has 0 saturated heterocycles. The Labute approximate surface area is 122 Å². The van der Waals surface area contributed by atoms with Crippen molar-refractivity contribution in [1.82, 2.24) is 10.6 Å². The zero-order chi connectivity index (χ0) is 15.8. The average Bonchev–Trinajstić information content (AvgIpc) is 2.94. The molecular weight excluding hydrogens is 276 g/mol. The third kappa shape index (κ3) is 6.11. The summed E-state index contributed by atoms with van der Waals surface area (Å²) in [5, 5.41) is 13.9. The van der Waals surface area contributed by atoms with Gasteiger partial charge in [-0.2, -0.15) is 0 Å². The second kappa shape index (κ2) is 8.08. The third-order valence-electron chi connectivity index (χ3n) is 2.81. The lowest BCUT2D eigenvalue weighted by Gasteiger charge is -2.15. The lowest BCUT2D eigenvalue weighted by atomic mass is 9.97. The number of hydrogen-bond acceptors (Lipinski definition) is 4. The lowest BCUT2D eigenvalue weighted by Crippen LogP contribution is -2.40. The van der Waals surface area contributed by atoms with Crippen molar-refractivity contribution < 1.29 is 23.9 Å². The molecule has 0 aliphatic rings. The molecule has 1 atom stereocenters. The standard InChI is InChI=1S/C14H20N2O5/c1-9(2)6-10(14(19)20)7-15-12(17)8-16-13(18)11-4-3-5-21-11/h3-5,9-10H,6-8H2,1-2H3,(H,15,17)(H,16,18)(H,19,20). The van der Waals surface area contributed by atoms with Crippen molar-refractivity contribution in [2.24, 2.45) is 11.8 Å². The SMILES string of the molecule is CC(C)CC(CNC(=O)CNC(=O)c1ccco1)C(=O)O. The topological polar surface area (TPSA) is 109 Å². The van der Waals surface area contributed by atoms with Crippen LogP contribution in [-0.2, 0) is 9.59 Å². The quantitative estimate of drug-likeness (QED) is 0.659. The van der Waals surface area contributed by atoms with Gasteiger partial charge in [0.15, 0.2) is 5.76 Å². The highest BCUT2D eigenvalue weighted by Gasteiger charge is 2.19. The van der Waals surface area contributed by atoms with Crippen LogP contribution in [-0.4, -0.2) is 36.0 Å². The van der Waals surface area contributed by atoms with E-state index in [2.05, 4.69) is 10.6 Å². The third-order valence-corrected chi connectivity index (χ3v) is 2.81. The van der Waals surface area contributed by atoms with Gasteiger partial charge in [0.05, 0.1) is 18.7 Å². The second-order valence-electron chi connectivity index (χ2n) is 5.13. The largest absolute Gasteiger partial charge is 0.481 e. The summed E-state index contributed by atoms with van der Waals surface area (Å²) in [5.74, 6) is -2.16. The first kappa shape index (κ1) is 16.7. The predicted octanol–water partition coefficient (Wildman–Crippen LogP) is 0.872. The molecule has 1 aromatic rings. The van der Waals surface area contributed by atoms with E-state index < -0.39 is 23.7 Å². The number of carboxylic acids is 1. The van der Waals surface area contributed by atoms with E-state index in [1.807, 2.05) is 13.8 Å². The molecule has 7 heteroatoms. The molecule has 2 amide bonds. The van der Waals surface area contributed by atoms with Gasteiger partial charge in [0.1, 0.15) is 0 Å². The molecule has 1 heterocycles.